The standard InChI is InChI=1S/C52H75N13O10/c1-33(2)30-41(47(68)55-9)58-48(69)42(31-37-18-13-11-14-19-37)59-52(73)65(39-20-15-12-16-21-39)29-28-64(51(72)60-44(34(3)4)49(70)56-36(7)45(66)54-8)27-26-63(25-17-24-53)50(71)57-38-22-23-43(74-10)40(32-38)46(67)61-62-75-35(5)6/h11-16,18-23,32-36,41-42,44,62H,17,25-31H2,1-10H3,(H,54,66)(H,55,68)(H,56,70)(H,57,71)(H,58,69)(H,59,73)(H,60,72)(H,61,67)/t36-,41-,42-,44-/m0/s1. The zero-order valence-corrected chi connectivity index (χ0v) is 44.6. The number of carbonyl (C=O) groups excluding carboxylic acids is 8. The van der Waals surface area contributed by atoms with Crippen molar-refractivity contribution in [2.24, 2.45) is 11.8 Å². The molecule has 4 atom stereocenters. The molecule has 0 spiro atoms. The number of nitriles is 1. The maximum absolute atomic E-state index is 14.7. The first-order valence-electron chi connectivity index (χ1n) is 24.8. The number of hydrogen-bond acceptors (Lipinski definition) is 12. The average Bonchev–Trinajstić information content (AvgIpc) is 3.38. The van der Waals surface area contributed by atoms with Crippen LogP contribution in [0.15, 0.2) is 78.9 Å². The molecule has 0 radical (unpaired) electrons. The molecule has 0 bridgehead atoms. The van der Waals surface area contributed by atoms with Crippen molar-refractivity contribution < 1.29 is 47.9 Å². The van der Waals surface area contributed by atoms with Crippen LogP contribution in [0.4, 0.5) is 25.8 Å². The highest BCUT2D eigenvalue weighted by molar-refractivity contribution is 5.99. The molecule has 75 heavy (non-hydrogen) atoms. The summed E-state index contributed by atoms with van der Waals surface area (Å²) in [6.45, 7) is 11.4. The first-order valence-corrected chi connectivity index (χ1v) is 24.8. The summed E-state index contributed by atoms with van der Waals surface area (Å²) in [7, 11) is 4.28. The lowest BCUT2D eigenvalue weighted by Crippen LogP contribution is -2.58. The number of nitrogens with zero attached hydrogens (tertiary/aromatic N) is 4. The van der Waals surface area contributed by atoms with Gasteiger partial charge in [-0.15, -0.1) is 5.59 Å². The number of para-hydroxylation sites is 1. The molecule has 0 saturated carbocycles. The molecule has 0 saturated heterocycles. The molecule has 0 aliphatic carbocycles. The molecule has 408 valence electrons. The van der Waals surface area contributed by atoms with Crippen molar-refractivity contribution in [1.82, 2.24) is 52.7 Å². The topological polar surface area (TPSA) is 297 Å². The predicted molar refractivity (Wildman–Crippen MR) is 283 cm³/mol. The lowest BCUT2D eigenvalue weighted by atomic mass is 10.0. The smallest absolute Gasteiger partial charge is 0.322 e. The number of hydrazine groups is 1. The number of urea groups is 3. The van der Waals surface area contributed by atoms with Gasteiger partial charge in [0.15, 0.2) is 0 Å². The van der Waals surface area contributed by atoms with Crippen molar-refractivity contribution >= 4 is 59.0 Å². The Morgan fingerprint density at radius 1 is 0.640 bits per heavy atom. The maximum atomic E-state index is 14.7. The van der Waals surface area contributed by atoms with Gasteiger partial charge in [0.05, 0.1) is 31.3 Å². The van der Waals surface area contributed by atoms with Crippen molar-refractivity contribution in [3.63, 3.8) is 0 Å². The molecule has 23 heteroatoms. The van der Waals surface area contributed by atoms with Gasteiger partial charge >= 0.3 is 18.1 Å². The number of nitrogens with one attached hydrogen (secondary N) is 9. The van der Waals surface area contributed by atoms with E-state index in [-0.39, 0.29) is 74.6 Å². The molecule has 0 fully saturated rings. The minimum Gasteiger partial charge on any atom is -0.496 e. The first kappa shape index (κ1) is 61.3. The van der Waals surface area contributed by atoms with Gasteiger partial charge < -0.3 is 51.8 Å². The van der Waals surface area contributed by atoms with Gasteiger partial charge in [-0.25, -0.2) is 14.4 Å². The second-order valence-corrected chi connectivity index (χ2v) is 18.4. The fourth-order valence-electron chi connectivity index (χ4n) is 7.44. The molecule has 0 aromatic heterocycles. The Morgan fingerprint density at radius 2 is 1.25 bits per heavy atom. The van der Waals surface area contributed by atoms with E-state index in [0.29, 0.717) is 12.1 Å². The van der Waals surface area contributed by atoms with Crippen molar-refractivity contribution in [3.05, 3.63) is 90.0 Å². The van der Waals surface area contributed by atoms with E-state index < -0.39 is 77.7 Å². The minimum absolute atomic E-state index is 0.0438. The van der Waals surface area contributed by atoms with E-state index in [1.807, 2.05) is 38.1 Å². The summed E-state index contributed by atoms with van der Waals surface area (Å²) in [6.07, 6.45) is 0.0413. The second kappa shape index (κ2) is 31.6. The van der Waals surface area contributed by atoms with E-state index in [0.717, 1.165) is 5.56 Å². The molecule has 0 heterocycles. The van der Waals surface area contributed by atoms with Crippen molar-refractivity contribution in [3.8, 4) is 11.8 Å². The van der Waals surface area contributed by atoms with Gasteiger partial charge in [-0.3, -0.25) is 39.1 Å². The molecular formula is C52H75N13O10. The summed E-state index contributed by atoms with van der Waals surface area (Å²) < 4.78 is 5.37. The molecule has 3 aromatic rings. The van der Waals surface area contributed by atoms with Crippen molar-refractivity contribution in [2.75, 3.05) is 64.1 Å². The van der Waals surface area contributed by atoms with Crippen LogP contribution in [0.1, 0.15) is 77.2 Å². The largest absolute Gasteiger partial charge is 0.496 e. The van der Waals surface area contributed by atoms with Crippen LogP contribution >= 0.6 is 0 Å². The molecule has 9 N–H and O–H groups in total. The van der Waals surface area contributed by atoms with E-state index in [4.69, 9.17) is 9.57 Å². The fourth-order valence-corrected chi connectivity index (χ4v) is 7.44. The molecule has 11 amide bonds. The minimum atomic E-state index is -1.17. The van der Waals surface area contributed by atoms with Crippen LogP contribution < -0.4 is 57.9 Å². The maximum Gasteiger partial charge on any atom is 0.322 e. The fraction of sp³-hybridized carbons (Fsp3) is 0.481. The predicted octanol–water partition coefficient (Wildman–Crippen LogP) is 3.41. The third-order valence-corrected chi connectivity index (χ3v) is 11.5. The monoisotopic (exact) mass is 1040 g/mol. The van der Waals surface area contributed by atoms with E-state index in [1.165, 1.54) is 61.0 Å². The number of amides is 11. The van der Waals surface area contributed by atoms with Crippen LogP contribution in [0.5, 0.6) is 5.75 Å². The summed E-state index contributed by atoms with van der Waals surface area (Å²) in [4.78, 5) is 119. The number of benzene rings is 3. The summed E-state index contributed by atoms with van der Waals surface area (Å²) >= 11 is 0. The van der Waals surface area contributed by atoms with Crippen LogP contribution in [0.25, 0.3) is 0 Å². The van der Waals surface area contributed by atoms with E-state index >= 15 is 0 Å². The third kappa shape index (κ3) is 20.5. The second-order valence-electron chi connectivity index (χ2n) is 18.4. The zero-order valence-electron chi connectivity index (χ0n) is 44.6. The highest BCUT2D eigenvalue weighted by atomic mass is 16.7. The van der Waals surface area contributed by atoms with Crippen molar-refractivity contribution in [1.29, 1.82) is 5.26 Å². The van der Waals surface area contributed by atoms with Gasteiger partial charge in [-0.05, 0) is 74.9 Å². The van der Waals surface area contributed by atoms with Crippen LogP contribution in [0, 0.1) is 23.2 Å². The van der Waals surface area contributed by atoms with E-state index in [1.54, 1.807) is 70.2 Å². The molecule has 3 rings (SSSR count). The lowest BCUT2D eigenvalue weighted by molar-refractivity contribution is -0.130. The molecule has 3 aromatic carbocycles. The van der Waals surface area contributed by atoms with Gasteiger partial charge in [-0.2, -0.15) is 5.26 Å². The lowest BCUT2D eigenvalue weighted by Gasteiger charge is -2.33. The van der Waals surface area contributed by atoms with Gasteiger partial charge in [0.1, 0.15) is 29.9 Å². The highest BCUT2D eigenvalue weighted by Crippen LogP contribution is 2.23. The summed E-state index contributed by atoms with van der Waals surface area (Å²) in [6, 6.07) is 17.6. The van der Waals surface area contributed by atoms with Crippen LogP contribution in [0.2, 0.25) is 0 Å². The Morgan fingerprint density at radius 3 is 1.83 bits per heavy atom. The number of anilines is 2. The Balaban J connectivity index is 2.04. The number of methoxy groups -OCH3 is 1. The molecular weight excluding hydrogens is 967 g/mol. The number of rotatable bonds is 28. The number of carbonyl (C=O) groups is 8. The Bertz CT molecular complexity index is 2400. The molecule has 0 unspecified atom stereocenters. The Labute approximate surface area is 439 Å². The Hall–Kier alpha value is -7.97. The SMILES string of the molecule is CNC(=O)[C@H](C)NC(=O)[C@@H](NC(=O)N(CCN(CCC#N)C(=O)Nc1ccc(OC)c(C(=O)NNOC(C)C)c1)CCN(C(=O)N[C@@H](Cc1ccccc1)C(=O)N[C@@H](CC(C)C)C(=O)NC)c1ccccc1)C(C)C. The summed E-state index contributed by atoms with van der Waals surface area (Å²) in [5.41, 5.74) is 6.14. The Kier molecular flexibility index (Phi) is 25.8. The van der Waals surface area contributed by atoms with Gasteiger partial charge in [0.2, 0.25) is 23.6 Å². The quantitative estimate of drug-likeness (QED) is 0.0473. The normalized spacial score (nSPS) is 12.4. The van der Waals surface area contributed by atoms with Gasteiger partial charge in [0, 0.05) is 64.6 Å². The third-order valence-electron chi connectivity index (χ3n) is 11.5. The van der Waals surface area contributed by atoms with E-state index in [9.17, 15) is 43.6 Å². The number of likely N-dealkylation sites (N-methyl/N-ethyl adjacent to an activating group) is 2. The van der Waals surface area contributed by atoms with Crippen LogP contribution in [-0.2, 0) is 30.4 Å². The van der Waals surface area contributed by atoms with Gasteiger partial charge in [0.25, 0.3) is 5.91 Å². The van der Waals surface area contributed by atoms with Gasteiger partial charge in [-0.1, -0.05) is 76.2 Å². The van der Waals surface area contributed by atoms with E-state index in [2.05, 4.69) is 48.2 Å². The van der Waals surface area contributed by atoms with Crippen LogP contribution in [-0.4, -0.2) is 142 Å². The number of hydrogen-bond donors (Lipinski definition) is 9. The highest BCUT2D eigenvalue weighted by Gasteiger charge is 2.32. The molecule has 0 aliphatic rings. The zero-order chi connectivity index (χ0) is 55.6. The molecule has 23 nitrogen and oxygen atoms in total. The summed E-state index contributed by atoms with van der Waals surface area (Å²) in [5, 5.41) is 28.5. The molecule has 0 aliphatic heterocycles. The number of ether oxygens (including phenoxy) is 1. The van der Waals surface area contributed by atoms with Crippen molar-refractivity contribution in [2.45, 2.75) is 98.0 Å². The van der Waals surface area contributed by atoms with Crippen LogP contribution in [0.3, 0.4) is 0 Å². The average molecular weight is 1040 g/mol. The summed E-state index contributed by atoms with van der Waals surface area (Å²) in [5.74, 6) is -2.97. The first-order chi connectivity index (χ1) is 35.7.